The number of aromatic nitrogens is 2. The number of nitrogens with zero attached hydrogens (tertiary/aromatic N) is 2. The minimum absolute atomic E-state index is 0.0962. The van der Waals surface area contributed by atoms with E-state index in [1.807, 2.05) is 137 Å². The molecule has 0 aliphatic rings. The van der Waals surface area contributed by atoms with Gasteiger partial charge in [0.1, 0.15) is 12.1 Å². The van der Waals surface area contributed by atoms with Crippen molar-refractivity contribution < 1.29 is 47.8 Å². The number of Topliss-reactive ketones (excluding diaryl/α,β-unsaturated/α-hetero) is 2. The highest BCUT2D eigenvalue weighted by Gasteiger charge is 2.26. The summed E-state index contributed by atoms with van der Waals surface area (Å²) in [5, 5.41) is 16.9. The predicted molar refractivity (Wildman–Crippen MR) is 312 cm³/mol. The lowest BCUT2D eigenvalue weighted by molar-refractivity contribution is -0.127. The van der Waals surface area contributed by atoms with Gasteiger partial charge in [-0.15, -0.1) is 11.3 Å². The Labute approximate surface area is 475 Å². The summed E-state index contributed by atoms with van der Waals surface area (Å²) in [6.07, 6.45) is 4.41. The molecule has 0 radical (unpaired) electrons. The van der Waals surface area contributed by atoms with Gasteiger partial charge in [0.15, 0.2) is 23.1 Å². The van der Waals surface area contributed by atoms with Crippen molar-refractivity contribution in [2.45, 2.75) is 65.5 Å². The van der Waals surface area contributed by atoms with E-state index in [4.69, 9.17) is 9.47 Å². The molecule has 4 aromatic carbocycles. The lowest BCUT2D eigenvalue weighted by Gasteiger charge is -2.20. The molecule has 81 heavy (non-hydrogen) atoms. The molecule has 2 atom stereocenters. The summed E-state index contributed by atoms with van der Waals surface area (Å²) in [5.74, 6) is -1.94. The number of carbonyl (C=O) groups excluding carboxylic acids is 8. The molecule has 422 valence electrons. The molecule has 0 fully saturated rings. The minimum Gasteiger partial charge on any atom is -0.493 e. The Morgan fingerprint density at radius 2 is 0.975 bits per heavy atom. The fraction of sp³-hybridized carbons (Fsp3) is 0.290. The van der Waals surface area contributed by atoms with Crippen LogP contribution in [0.5, 0.6) is 11.5 Å². The van der Waals surface area contributed by atoms with E-state index < -0.39 is 29.8 Å². The van der Waals surface area contributed by atoms with Gasteiger partial charge < -0.3 is 41.4 Å². The quantitative estimate of drug-likeness (QED) is 0.0318. The summed E-state index contributed by atoms with van der Waals surface area (Å²) >= 11 is 1.36. The second-order valence-electron chi connectivity index (χ2n) is 19.8. The predicted octanol–water partition coefficient (Wildman–Crippen LogP) is 7.11. The number of carbonyl (C=O) groups is 8. The van der Waals surface area contributed by atoms with Crippen LogP contribution in [0.3, 0.4) is 0 Å². The van der Waals surface area contributed by atoms with E-state index in [1.165, 1.54) is 31.6 Å². The number of rotatable bonds is 26. The third-order valence-electron chi connectivity index (χ3n) is 12.3. The van der Waals surface area contributed by atoms with Gasteiger partial charge in [-0.05, 0) is 108 Å². The number of ether oxygens (including phenoxy) is 2. The molecule has 0 bridgehead atoms. The van der Waals surface area contributed by atoms with Crippen LogP contribution in [-0.2, 0) is 41.6 Å². The number of benzene rings is 4. The van der Waals surface area contributed by atoms with Crippen molar-refractivity contribution in [2.24, 2.45) is 11.8 Å². The summed E-state index contributed by atoms with van der Waals surface area (Å²) in [6.45, 7) is 6.80. The Kier molecular flexibility index (Phi) is 23.3. The van der Waals surface area contributed by atoms with Gasteiger partial charge in [-0.3, -0.25) is 48.3 Å². The molecule has 0 spiro atoms. The highest BCUT2D eigenvalue weighted by atomic mass is 32.1. The Morgan fingerprint density at radius 1 is 0.494 bits per heavy atom. The van der Waals surface area contributed by atoms with Gasteiger partial charge in [0.05, 0.1) is 69.5 Å². The zero-order chi connectivity index (χ0) is 58.3. The lowest BCUT2D eigenvalue weighted by atomic mass is 10.0. The number of hydrogen-bond acceptors (Lipinski definition) is 13. The molecule has 3 heterocycles. The van der Waals surface area contributed by atoms with E-state index >= 15 is 0 Å². The monoisotopic (exact) mass is 1120 g/mol. The summed E-state index contributed by atoms with van der Waals surface area (Å²) in [6, 6.07) is 38.8. The summed E-state index contributed by atoms with van der Waals surface area (Å²) in [5.41, 5.74) is 5.29. The van der Waals surface area contributed by atoms with E-state index in [9.17, 15) is 38.4 Å². The number of amides is 6. The topological polar surface area (TPSA) is 253 Å². The zero-order valence-electron chi connectivity index (χ0n) is 46.2. The summed E-state index contributed by atoms with van der Waals surface area (Å²) < 4.78 is 11.4. The lowest BCUT2D eigenvalue weighted by Crippen LogP contribution is -2.49. The SMILES string of the molecule is CC(C)C[C@H](NC(=O)c1cc2ccccc2s1)C(=O)NCC(=O)CNC(=O)Cc1cccc(-c2ccccn2)c1.COc1ccc(C(=O)N[C@@H](CC(C)C)C(=O)NCC(=O)CNC(=O)Cc2cccc(-c3ccccn3)c2)cc1OC. The van der Waals surface area contributed by atoms with Gasteiger partial charge in [0.25, 0.3) is 11.8 Å². The standard InChI is InChI=1S/C31H36N4O6.C31H32N4O4S/c1-20(2)14-26(35-30(38)23-11-12-27(40-3)28(17-23)41-4)31(39)34-19-24(36)18-33-29(37)16-21-8-7-9-22(15-21)25-10-5-6-13-32-25;1-20(2)14-26(35-31(39)28-17-23-9-3-4-12-27(23)40-28)30(38)34-19-24(36)18-33-29(37)16-21-8-7-10-22(15-21)25-11-5-6-13-32-25/h5-13,15,17,20,26H,14,16,18-19H2,1-4H3,(H,33,37)(H,34,39)(H,35,38);3-13,15,17,20,26H,14,16,18-19H2,1-2H3,(H,33,37)(H,34,38)(H,35,39)/t2*26-/m00/s1. The maximum absolute atomic E-state index is 12.9. The van der Waals surface area contributed by atoms with Gasteiger partial charge in [0.2, 0.25) is 23.6 Å². The molecule has 7 rings (SSSR count). The molecule has 19 heteroatoms. The fourth-order valence-corrected chi connectivity index (χ4v) is 9.30. The van der Waals surface area contributed by atoms with Crippen molar-refractivity contribution in [2.75, 3.05) is 40.4 Å². The van der Waals surface area contributed by atoms with Crippen molar-refractivity contribution in [1.29, 1.82) is 0 Å². The van der Waals surface area contributed by atoms with Gasteiger partial charge in [-0.25, -0.2) is 0 Å². The number of ketones is 2. The number of nitrogens with one attached hydrogen (secondary N) is 6. The molecule has 18 nitrogen and oxygen atoms in total. The highest BCUT2D eigenvalue weighted by molar-refractivity contribution is 7.20. The van der Waals surface area contributed by atoms with Crippen LogP contribution in [0.25, 0.3) is 32.6 Å². The fourth-order valence-electron chi connectivity index (χ4n) is 8.33. The second-order valence-corrected chi connectivity index (χ2v) is 20.9. The second kappa shape index (κ2) is 30.9. The number of hydrogen-bond donors (Lipinski definition) is 6. The molecule has 7 aromatic rings. The molecule has 0 unspecified atom stereocenters. The van der Waals surface area contributed by atoms with E-state index in [0.29, 0.717) is 34.8 Å². The van der Waals surface area contributed by atoms with Gasteiger partial charge >= 0.3 is 0 Å². The minimum atomic E-state index is -0.857. The van der Waals surface area contributed by atoms with Crippen molar-refractivity contribution in [3.8, 4) is 34.0 Å². The molecule has 0 saturated heterocycles. The van der Waals surface area contributed by atoms with Crippen molar-refractivity contribution in [1.82, 2.24) is 41.9 Å². The average molecular weight is 1120 g/mol. The molecular weight excluding hydrogens is 1050 g/mol. The first-order valence-electron chi connectivity index (χ1n) is 26.4. The van der Waals surface area contributed by atoms with Crippen molar-refractivity contribution in [3.05, 3.63) is 167 Å². The number of thiophene rings is 1. The largest absolute Gasteiger partial charge is 0.493 e. The number of methoxy groups -OCH3 is 2. The zero-order valence-corrected chi connectivity index (χ0v) is 47.0. The molecule has 6 amide bonds. The summed E-state index contributed by atoms with van der Waals surface area (Å²) in [4.78, 5) is 110. The summed E-state index contributed by atoms with van der Waals surface area (Å²) in [7, 11) is 2.96. The molecule has 3 aromatic heterocycles. The first kappa shape index (κ1) is 61.1. The van der Waals surface area contributed by atoms with Crippen LogP contribution in [0.4, 0.5) is 0 Å². The van der Waals surface area contributed by atoms with Crippen LogP contribution in [0.2, 0.25) is 0 Å². The third-order valence-corrected chi connectivity index (χ3v) is 13.5. The Morgan fingerprint density at radius 3 is 1.44 bits per heavy atom. The molecule has 0 aliphatic carbocycles. The van der Waals surface area contributed by atoms with Crippen molar-refractivity contribution in [3.63, 3.8) is 0 Å². The number of fused-ring (bicyclic) bond motifs is 1. The van der Waals surface area contributed by atoms with Gasteiger partial charge in [-0.1, -0.05) is 94.4 Å². The first-order chi connectivity index (χ1) is 39.0. The van der Waals surface area contributed by atoms with Gasteiger partial charge in [-0.2, -0.15) is 0 Å². The van der Waals surface area contributed by atoms with Gasteiger partial charge in [0, 0.05) is 33.8 Å². The maximum Gasteiger partial charge on any atom is 0.262 e. The Hall–Kier alpha value is -9.10. The van der Waals surface area contributed by atoms with Crippen LogP contribution < -0.4 is 41.4 Å². The van der Waals surface area contributed by atoms with E-state index in [1.54, 1.807) is 30.6 Å². The Balaban J connectivity index is 0.000000261. The third kappa shape index (κ3) is 19.6. The molecule has 6 N–H and O–H groups in total. The first-order valence-corrected chi connectivity index (χ1v) is 27.2. The van der Waals surface area contributed by atoms with Crippen LogP contribution in [0.1, 0.15) is 71.7 Å². The Bertz CT molecular complexity index is 3260. The average Bonchev–Trinajstić information content (AvgIpc) is 4.04. The van der Waals surface area contributed by atoms with Crippen molar-refractivity contribution >= 4 is 68.4 Å². The van der Waals surface area contributed by atoms with Crippen LogP contribution in [0.15, 0.2) is 146 Å². The van der Waals surface area contributed by atoms with E-state index in [-0.39, 0.29) is 80.1 Å². The van der Waals surface area contributed by atoms with Crippen LogP contribution >= 0.6 is 11.3 Å². The molecule has 0 saturated carbocycles. The molecule has 0 aliphatic heterocycles. The van der Waals surface area contributed by atoms with E-state index in [2.05, 4.69) is 41.9 Å². The highest BCUT2D eigenvalue weighted by Crippen LogP contribution is 2.28. The van der Waals surface area contributed by atoms with Crippen LogP contribution in [0, 0.1) is 11.8 Å². The maximum atomic E-state index is 12.9. The van der Waals surface area contributed by atoms with Crippen LogP contribution in [-0.4, -0.2) is 109 Å². The van der Waals surface area contributed by atoms with E-state index in [0.717, 1.165) is 43.7 Å². The normalized spacial score (nSPS) is 11.5. The smallest absolute Gasteiger partial charge is 0.262 e. The molecular formula is C62H68N8O10S. The number of pyridine rings is 2.